The van der Waals surface area contributed by atoms with Crippen molar-refractivity contribution in [1.29, 1.82) is 5.26 Å². The SMILES string of the molecule is CCOc1ccc(NC(=O)C2=C(C)NC(SCC(=O)Nc3cccc(C(F)(F)F)c3)=C(C#N)[C@H]2c2ccco2)cc1. The van der Waals surface area contributed by atoms with Crippen molar-refractivity contribution in [2.24, 2.45) is 0 Å². The number of rotatable bonds is 9. The van der Waals surface area contributed by atoms with Crippen LogP contribution >= 0.6 is 11.8 Å². The molecule has 1 atom stereocenters. The number of dihydropyridines is 1. The number of carbonyl (C=O) groups excluding carboxylic acids is 2. The summed E-state index contributed by atoms with van der Waals surface area (Å²) in [5.74, 6) is -1.10. The van der Waals surface area contributed by atoms with Crippen LogP contribution in [0.2, 0.25) is 0 Å². The second-order valence-corrected chi connectivity index (χ2v) is 9.78. The highest BCUT2D eigenvalue weighted by atomic mass is 32.2. The Morgan fingerprint density at radius 1 is 1.10 bits per heavy atom. The van der Waals surface area contributed by atoms with Crippen LogP contribution in [0.5, 0.6) is 5.75 Å². The van der Waals surface area contributed by atoms with E-state index in [1.54, 1.807) is 43.3 Å². The van der Waals surface area contributed by atoms with E-state index in [1.807, 2.05) is 6.92 Å². The molecule has 0 saturated heterocycles. The molecule has 0 fully saturated rings. The zero-order chi connectivity index (χ0) is 29.6. The predicted octanol–water partition coefficient (Wildman–Crippen LogP) is 6.40. The zero-order valence-electron chi connectivity index (χ0n) is 22.0. The third-order valence-electron chi connectivity index (χ3n) is 5.96. The maximum absolute atomic E-state index is 13.5. The molecule has 0 unspecified atom stereocenters. The molecule has 0 radical (unpaired) electrons. The number of nitrogens with one attached hydrogen (secondary N) is 3. The molecule has 3 N–H and O–H groups in total. The Kier molecular flexibility index (Phi) is 9.09. The number of benzene rings is 2. The Bertz CT molecular complexity index is 1520. The van der Waals surface area contributed by atoms with Crippen molar-refractivity contribution in [3.05, 3.63) is 100 Å². The van der Waals surface area contributed by atoms with Crippen molar-refractivity contribution in [3.63, 3.8) is 0 Å². The number of carbonyl (C=O) groups is 2. The largest absolute Gasteiger partial charge is 0.494 e. The Balaban J connectivity index is 1.53. The van der Waals surface area contributed by atoms with Crippen LogP contribution in [-0.4, -0.2) is 24.2 Å². The number of halogens is 3. The van der Waals surface area contributed by atoms with Gasteiger partial charge in [-0.05, 0) is 68.4 Å². The number of amides is 2. The van der Waals surface area contributed by atoms with Gasteiger partial charge in [0.25, 0.3) is 5.91 Å². The van der Waals surface area contributed by atoms with Gasteiger partial charge in [0.15, 0.2) is 0 Å². The van der Waals surface area contributed by atoms with Crippen molar-refractivity contribution >= 4 is 35.0 Å². The topological polar surface area (TPSA) is 116 Å². The number of nitrogens with zero attached hydrogens (tertiary/aromatic N) is 1. The molecule has 41 heavy (non-hydrogen) atoms. The summed E-state index contributed by atoms with van der Waals surface area (Å²) in [5, 5.41) is 18.8. The summed E-state index contributed by atoms with van der Waals surface area (Å²) in [7, 11) is 0. The summed E-state index contributed by atoms with van der Waals surface area (Å²) in [6.07, 6.45) is -3.12. The minimum absolute atomic E-state index is 0.00528. The normalized spacial score (nSPS) is 15.2. The van der Waals surface area contributed by atoms with E-state index in [0.717, 1.165) is 23.9 Å². The van der Waals surface area contributed by atoms with E-state index in [-0.39, 0.29) is 22.6 Å². The van der Waals surface area contributed by atoms with Gasteiger partial charge in [-0.1, -0.05) is 17.8 Å². The lowest BCUT2D eigenvalue weighted by molar-refractivity contribution is -0.137. The second kappa shape index (κ2) is 12.7. The smallest absolute Gasteiger partial charge is 0.416 e. The molecule has 0 saturated carbocycles. The van der Waals surface area contributed by atoms with Crippen LogP contribution in [-0.2, 0) is 15.8 Å². The van der Waals surface area contributed by atoms with E-state index in [2.05, 4.69) is 22.0 Å². The molecule has 1 aromatic heterocycles. The fourth-order valence-electron chi connectivity index (χ4n) is 4.18. The van der Waals surface area contributed by atoms with Gasteiger partial charge in [-0.25, -0.2) is 0 Å². The van der Waals surface area contributed by atoms with E-state index < -0.39 is 29.5 Å². The van der Waals surface area contributed by atoms with E-state index in [0.29, 0.717) is 34.5 Å². The monoisotopic (exact) mass is 582 g/mol. The molecule has 0 spiro atoms. The number of thioether (sulfide) groups is 1. The molecule has 1 aliphatic heterocycles. The number of allylic oxidation sites excluding steroid dienone is 2. The summed E-state index contributed by atoms with van der Waals surface area (Å²) in [6, 6.07) is 16.6. The fourth-order valence-corrected chi connectivity index (χ4v) is 5.07. The summed E-state index contributed by atoms with van der Waals surface area (Å²) in [4.78, 5) is 26.1. The first-order valence-electron chi connectivity index (χ1n) is 12.4. The van der Waals surface area contributed by atoms with Gasteiger partial charge in [0.1, 0.15) is 11.5 Å². The van der Waals surface area contributed by atoms with Gasteiger partial charge in [0, 0.05) is 17.1 Å². The van der Waals surface area contributed by atoms with Gasteiger partial charge in [-0.15, -0.1) is 0 Å². The Hall–Kier alpha value is -4.63. The number of nitriles is 1. The van der Waals surface area contributed by atoms with E-state index in [1.165, 1.54) is 18.4 Å². The van der Waals surface area contributed by atoms with Gasteiger partial charge in [0.2, 0.25) is 5.91 Å². The molecule has 212 valence electrons. The van der Waals surface area contributed by atoms with Gasteiger partial charge >= 0.3 is 6.18 Å². The summed E-state index contributed by atoms with van der Waals surface area (Å²) in [6.45, 7) is 4.04. The number of alkyl halides is 3. The molecule has 2 aromatic carbocycles. The first-order valence-corrected chi connectivity index (χ1v) is 13.4. The minimum Gasteiger partial charge on any atom is -0.494 e. The molecule has 12 heteroatoms. The zero-order valence-corrected chi connectivity index (χ0v) is 22.8. The average molecular weight is 583 g/mol. The number of furan rings is 1. The Labute approximate surface area is 238 Å². The number of ether oxygens (including phenoxy) is 1. The lowest BCUT2D eigenvalue weighted by atomic mass is 9.85. The quantitative estimate of drug-likeness (QED) is 0.267. The van der Waals surface area contributed by atoms with Crippen LogP contribution in [0.25, 0.3) is 0 Å². The van der Waals surface area contributed by atoms with Crippen LogP contribution in [0.1, 0.15) is 31.1 Å². The molecule has 8 nitrogen and oxygen atoms in total. The highest BCUT2D eigenvalue weighted by molar-refractivity contribution is 8.03. The molecule has 3 aromatic rings. The average Bonchev–Trinajstić information content (AvgIpc) is 3.47. The van der Waals surface area contributed by atoms with Crippen molar-refractivity contribution in [1.82, 2.24) is 5.32 Å². The number of anilines is 2. The fraction of sp³-hybridized carbons (Fsp3) is 0.207. The molecule has 4 rings (SSSR count). The first kappa shape index (κ1) is 29.4. The van der Waals surface area contributed by atoms with Gasteiger partial charge < -0.3 is 25.1 Å². The van der Waals surface area contributed by atoms with Crippen LogP contribution < -0.4 is 20.7 Å². The van der Waals surface area contributed by atoms with Crippen LogP contribution in [0.4, 0.5) is 24.5 Å². The minimum atomic E-state index is -4.55. The van der Waals surface area contributed by atoms with Crippen molar-refractivity contribution in [3.8, 4) is 11.8 Å². The lowest BCUT2D eigenvalue weighted by Gasteiger charge is -2.28. The van der Waals surface area contributed by atoms with E-state index in [9.17, 15) is 28.0 Å². The standard InChI is InChI=1S/C29H25F3N4O4S/c1-3-39-21-11-9-19(10-12-21)36-27(38)25-17(2)34-28(22(15-33)26(25)23-8-5-13-40-23)41-16-24(37)35-20-7-4-6-18(14-20)29(30,31)32/h4-14,26,34H,3,16H2,1-2H3,(H,35,37)(H,36,38)/t26-/m0/s1. The van der Waals surface area contributed by atoms with Crippen LogP contribution in [0.3, 0.4) is 0 Å². The summed E-state index contributed by atoms with van der Waals surface area (Å²) >= 11 is 0.986. The summed E-state index contributed by atoms with van der Waals surface area (Å²) in [5.41, 5.74) is 0.474. The third kappa shape index (κ3) is 7.12. The molecule has 2 heterocycles. The predicted molar refractivity (Wildman–Crippen MR) is 149 cm³/mol. The van der Waals surface area contributed by atoms with E-state index in [4.69, 9.17) is 9.15 Å². The third-order valence-corrected chi connectivity index (χ3v) is 6.98. The molecular weight excluding hydrogens is 557 g/mol. The lowest BCUT2D eigenvalue weighted by Crippen LogP contribution is -2.31. The highest BCUT2D eigenvalue weighted by Crippen LogP contribution is 2.41. The van der Waals surface area contributed by atoms with Gasteiger partial charge in [-0.2, -0.15) is 18.4 Å². The highest BCUT2D eigenvalue weighted by Gasteiger charge is 2.36. The maximum Gasteiger partial charge on any atom is 0.416 e. The molecular formula is C29H25F3N4O4S. The summed E-state index contributed by atoms with van der Waals surface area (Å²) < 4.78 is 50.1. The van der Waals surface area contributed by atoms with Crippen molar-refractivity contribution in [2.75, 3.05) is 23.0 Å². The first-order chi connectivity index (χ1) is 19.6. The van der Waals surface area contributed by atoms with Crippen LogP contribution in [0, 0.1) is 11.3 Å². The van der Waals surface area contributed by atoms with Gasteiger partial charge in [-0.3, -0.25) is 9.59 Å². The Morgan fingerprint density at radius 3 is 2.49 bits per heavy atom. The van der Waals surface area contributed by atoms with Crippen molar-refractivity contribution < 1.29 is 31.9 Å². The van der Waals surface area contributed by atoms with Crippen LogP contribution in [0.15, 0.2) is 93.2 Å². The molecule has 1 aliphatic rings. The molecule has 0 aliphatic carbocycles. The second-order valence-electron chi connectivity index (χ2n) is 8.79. The number of hydrogen-bond acceptors (Lipinski definition) is 7. The Morgan fingerprint density at radius 2 is 1.85 bits per heavy atom. The van der Waals surface area contributed by atoms with Gasteiger partial charge in [0.05, 0.1) is 52.3 Å². The number of hydrogen-bond donors (Lipinski definition) is 3. The maximum atomic E-state index is 13.5. The van der Waals surface area contributed by atoms with E-state index >= 15 is 0 Å². The van der Waals surface area contributed by atoms with Crippen molar-refractivity contribution in [2.45, 2.75) is 25.9 Å². The molecule has 0 bridgehead atoms. The molecule has 2 amide bonds.